The number of aliphatic imine (C=N–C) groups is 1. The van der Waals surface area contributed by atoms with Gasteiger partial charge in [0.1, 0.15) is 18.1 Å². The van der Waals surface area contributed by atoms with E-state index in [0.29, 0.717) is 12.8 Å². The number of aromatic amines is 1. The Morgan fingerprint density at radius 2 is 1.64 bits per heavy atom. The fourth-order valence-corrected chi connectivity index (χ4v) is 4.27. The highest BCUT2D eigenvalue weighted by Crippen LogP contribution is 2.19. The van der Waals surface area contributed by atoms with Crippen molar-refractivity contribution in [1.82, 2.24) is 20.9 Å². The van der Waals surface area contributed by atoms with Gasteiger partial charge in [0.25, 0.3) is 0 Å². The number of amides is 3. The van der Waals surface area contributed by atoms with Crippen LogP contribution in [0.15, 0.2) is 35.5 Å². The van der Waals surface area contributed by atoms with Crippen LogP contribution in [-0.4, -0.2) is 81.5 Å². The summed E-state index contributed by atoms with van der Waals surface area (Å²) >= 11 is 0. The van der Waals surface area contributed by atoms with Crippen molar-refractivity contribution in [3.8, 4) is 0 Å². The minimum absolute atomic E-state index is 0.0970. The van der Waals surface area contributed by atoms with E-state index in [1.165, 1.54) is 0 Å². The molecule has 5 unspecified atom stereocenters. The van der Waals surface area contributed by atoms with E-state index in [9.17, 15) is 29.1 Å². The summed E-state index contributed by atoms with van der Waals surface area (Å²) in [6.07, 6.45) is 1.93. The number of nitrogens with zero attached hydrogens (tertiary/aromatic N) is 1. The topological polar surface area (TPSA) is 268 Å². The molecule has 230 valence electrons. The monoisotopic (exact) mass is 588 g/mol. The molecule has 0 aliphatic rings. The fourth-order valence-electron chi connectivity index (χ4n) is 4.27. The Kier molecular flexibility index (Phi) is 12.7. The van der Waals surface area contributed by atoms with Gasteiger partial charge in [-0.05, 0) is 36.8 Å². The van der Waals surface area contributed by atoms with Crippen molar-refractivity contribution < 1.29 is 34.2 Å². The normalized spacial score (nSPS) is 14.5. The fraction of sp³-hybridized carbons (Fsp3) is 0.481. The minimum Gasteiger partial charge on any atom is -0.481 e. The number of benzene rings is 1. The number of aromatic nitrogens is 1. The molecule has 15 nitrogen and oxygen atoms in total. The van der Waals surface area contributed by atoms with Crippen LogP contribution in [0.2, 0.25) is 0 Å². The highest BCUT2D eigenvalue weighted by atomic mass is 16.4. The number of nitrogens with one attached hydrogen (secondary N) is 4. The van der Waals surface area contributed by atoms with E-state index in [2.05, 4.69) is 25.9 Å². The van der Waals surface area contributed by atoms with Gasteiger partial charge in [0.2, 0.25) is 17.7 Å². The quantitative estimate of drug-likeness (QED) is 0.0627. The number of hydrogen-bond donors (Lipinski definition) is 9. The molecule has 1 heterocycles. The summed E-state index contributed by atoms with van der Waals surface area (Å²) in [6.45, 7) is 3.61. The average Bonchev–Trinajstić information content (AvgIpc) is 3.34. The van der Waals surface area contributed by atoms with Crippen molar-refractivity contribution in [2.24, 2.45) is 28.1 Å². The standard InChI is InChI=1S/C27H40N8O7/c1-3-14(2)22(25(40)34-20(26(41)42)12-21(36)37)35-24(39)19(9-6-10-31-27(29)30)33-23(38)17(28)11-15-13-32-18-8-5-4-7-16(15)18/h4-5,7-8,13-14,17,19-20,22,32H,3,6,9-12,28H2,1-2H3,(H,33,38)(H,34,40)(H,35,39)(H,36,37)(H,41,42)(H4,29,30,31). The highest BCUT2D eigenvalue weighted by Gasteiger charge is 2.33. The largest absolute Gasteiger partial charge is 0.481 e. The number of rotatable bonds is 17. The van der Waals surface area contributed by atoms with Crippen LogP contribution >= 0.6 is 0 Å². The number of hydrogen-bond acceptors (Lipinski definition) is 7. The predicted molar refractivity (Wildman–Crippen MR) is 155 cm³/mol. The molecule has 15 heteroatoms. The van der Waals surface area contributed by atoms with E-state index in [1.807, 2.05) is 24.3 Å². The van der Waals surface area contributed by atoms with Gasteiger partial charge in [0, 0.05) is 23.6 Å². The summed E-state index contributed by atoms with van der Waals surface area (Å²) in [5.74, 6) is -5.72. The lowest BCUT2D eigenvalue weighted by molar-refractivity contribution is -0.147. The molecule has 0 aliphatic carbocycles. The number of fused-ring (bicyclic) bond motifs is 1. The van der Waals surface area contributed by atoms with Gasteiger partial charge in [-0.25, -0.2) is 4.79 Å². The Morgan fingerprint density at radius 1 is 0.976 bits per heavy atom. The predicted octanol–water partition coefficient (Wildman–Crippen LogP) is -0.849. The van der Waals surface area contributed by atoms with Crippen molar-refractivity contribution >= 4 is 46.5 Å². The first-order valence-corrected chi connectivity index (χ1v) is 13.6. The molecule has 0 saturated carbocycles. The van der Waals surface area contributed by atoms with E-state index in [-0.39, 0.29) is 25.3 Å². The number of guanidine groups is 1. The molecule has 42 heavy (non-hydrogen) atoms. The molecule has 0 saturated heterocycles. The Balaban J connectivity index is 2.20. The summed E-state index contributed by atoms with van der Waals surface area (Å²) in [4.78, 5) is 69.0. The van der Waals surface area contributed by atoms with Crippen LogP contribution in [0.4, 0.5) is 0 Å². The highest BCUT2D eigenvalue weighted by molar-refractivity contribution is 5.95. The molecule has 1 aromatic carbocycles. The van der Waals surface area contributed by atoms with E-state index < -0.39 is 66.2 Å². The van der Waals surface area contributed by atoms with Crippen molar-refractivity contribution in [1.29, 1.82) is 0 Å². The van der Waals surface area contributed by atoms with E-state index in [4.69, 9.17) is 22.3 Å². The number of nitrogens with two attached hydrogens (primary N) is 3. The molecule has 0 aliphatic heterocycles. The lowest BCUT2D eigenvalue weighted by atomic mass is 9.97. The van der Waals surface area contributed by atoms with Gasteiger partial charge in [-0.1, -0.05) is 38.5 Å². The van der Waals surface area contributed by atoms with Crippen molar-refractivity contribution in [3.63, 3.8) is 0 Å². The zero-order valence-corrected chi connectivity index (χ0v) is 23.6. The van der Waals surface area contributed by atoms with Crippen LogP contribution in [0.3, 0.4) is 0 Å². The summed E-state index contributed by atoms with van der Waals surface area (Å²) < 4.78 is 0. The van der Waals surface area contributed by atoms with Gasteiger partial charge in [0.15, 0.2) is 5.96 Å². The van der Waals surface area contributed by atoms with Crippen LogP contribution in [0.1, 0.15) is 45.1 Å². The number of H-pyrrole nitrogens is 1. The maximum Gasteiger partial charge on any atom is 0.326 e. The molecule has 0 spiro atoms. The van der Waals surface area contributed by atoms with Crippen molar-refractivity contribution in [2.45, 2.75) is 70.1 Å². The molecule has 0 radical (unpaired) electrons. The Morgan fingerprint density at radius 3 is 2.26 bits per heavy atom. The minimum atomic E-state index is -1.70. The van der Waals surface area contributed by atoms with Gasteiger partial charge in [-0.3, -0.25) is 24.2 Å². The molecule has 2 aromatic rings. The zero-order chi connectivity index (χ0) is 31.4. The summed E-state index contributed by atoms with van der Waals surface area (Å²) in [6, 6.07) is 2.50. The molecule has 12 N–H and O–H groups in total. The maximum atomic E-state index is 13.4. The van der Waals surface area contributed by atoms with E-state index in [0.717, 1.165) is 16.5 Å². The lowest BCUT2D eigenvalue weighted by Crippen LogP contribution is -2.59. The SMILES string of the molecule is CCC(C)C(NC(=O)C(CCCN=C(N)N)NC(=O)C(N)Cc1c[nH]c2ccccc12)C(=O)NC(CC(=O)O)C(=O)O. The first-order chi connectivity index (χ1) is 19.8. The van der Waals surface area contributed by atoms with Gasteiger partial charge >= 0.3 is 11.9 Å². The van der Waals surface area contributed by atoms with E-state index >= 15 is 0 Å². The van der Waals surface area contributed by atoms with Gasteiger partial charge in [-0.2, -0.15) is 0 Å². The number of carboxylic acids is 2. The molecule has 3 amide bonds. The number of aliphatic carboxylic acids is 2. The van der Waals surface area contributed by atoms with Gasteiger partial charge in [-0.15, -0.1) is 0 Å². The maximum absolute atomic E-state index is 13.4. The number of carbonyl (C=O) groups is 5. The Hall–Kier alpha value is -4.66. The molecule has 2 rings (SSSR count). The third-order valence-electron chi connectivity index (χ3n) is 6.82. The third kappa shape index (κ3) is 10.1. The van der Waals surface area contributed by atoms with Crippen molar-refractivity contribution in [2.75, 3.05) is 6.54 Å². The molecule has 5 atom stereocenters. The second kappa shape index (κ2) is 16.0. The number of carboxylic acid groups (broad SMARTS) is 2. The van der Waals surface area contributed by atoms with Crippen LogP contribution < -0.4 is 33.2 Å². The first kappa shape index (κ1) is 33.5. The summed E-state index contributed by atoms with van der Waals surface area (Å²) in [7, 11) is 0. The smallest absolute Gasteiger partial charge is 0.326 e. The van der Waals surface area contributed by atoms with E-state index in [1.54, 1.807) is 20.0 Å². The second-order valence-electron chi connectivity index (χ2n) is 10.0. The number of carbonyl (C=O) groups excluding carboxylic acids is 3. The van der Waals surface area contributed by atoms with Crippen LogP contribution in [0, 0.1) is 5.92 Å². The lowest BCUT2D eigenvalue weighted by Gasteiger charge is -2.28. The molecular weight excluding hydrogens is 548 g/mol. The van der Waals surface area contributed by atoms with Crippen molar-refractivity contribution in [3.05, 3.63) is 36.0 Å². The second-order valence-corrected chi connectivity index (χ2v) is 10.0. The summed E-state index contributed by atoms with van der Waals surface area (Å²) in [5.41, 5.74) is 18.7. The molecular formula is C27H40N8O7. The zero-order valence-electron chi connectivity index (χ0n) is 23.6. The van der Waals surface area contributed by atoms with Gasteiger partial charge in [0.05, 0.1) is 12.5 Å². The average molecular weight is 589 g/mol. The Bertz CT molecular complexity index is 1290. The first-order valence-electron chi connectivity index (χ1n) is 13.6. The van der Waals surface area contributed by atoms with Crippen LogP contribution in [0.5, 0.6) is 0 Å². The molecule has 0 fully saturated rings. The van der Waals surface area contributed by atoms with Gasteiger partial charge < -0.3 is 48.3 Å². The molecule has 0 bridgehead atoms. The molecule has 1 aromatic heterocycles. The third-order valence-corrected chi connectivity index (χ3v) is 6.82. The van der Waals surface area contributed by atoms with Crippen LogP contribution in [0.25, 0.3) is 10.9 Å². The van der Waals surface area contributed by atoms with Crippen LogP contribution in [-0.2, 0) is 30.4 Å². The number of para-hydroxylation sites is 1. The summed E-state index contributed by atoms with van der Waals surface area (Å²) in [5, 5.41) is 26.7. The Labute approximate surface area is 242 Å².